The van der Waals surface area contributed by atoms with Crippen molar-refractivity contribution in [2.45, 2.75) is 12.8 Å². The third-order valence-corrected chi connectivity index (χ3v) is 14.2. The highest BCUT2D eigenvalue weighted by Gasteiger charge is 2.22. The lowest BCUT2D eigenvalue weighted by Gasteiger charge is -2.21. The fourth-order valence-corrected chi connectivity index (χ4v) is 11.1. The van der Waals surface area contributed by atoms with Crippen LogP contribution in [-0.2, 0) is 0 Å². The fourth-order valence-electron chi connectivity index (χ4n) is 11.1. The Balaban J connectivity index is 1.08. The van der Waals surface area contributed by atoms with Gasteiger partial charge in [-0.1, -0.05) is 206 Å². The van der Waals surface area contributed by atoms with E-state index in [4.69, 9.17) is 0 Å². The second-order valence-electron chi connectivity index (χ2n) is 18.2. The average molecular weight is 863 g/mol. The van der Waals surface area contributed by atoms with Crippen molar-refractivity contribution in [3.05, 3.63) is 260 Å². The Labute approximate surface area is 397 Å². The summed E-state index contributed by atoms with van der Waals surface area (Å²) >= 11 is 0. The Hall–Kier alpha value is -8.58. The minimum Gasteiger partial charge on any atom is -0.0836 e. The van der Waals surface area contributed by atoms with E-state index in [9.17, 15) is 0 Å². The van der Waals surface area contributed by atoms with Crippen molar-refractivity contribution in [2.24, 2.45) is 0 Å². The van der Waals surface area contributed by atoms with Crippen LogP contribution in [0.2, 0.25) is 0 Å². The van der Waals surface area contributed by atoms with Gasteiger partial charge in [0.2, 0.25) is 0 Å². The van der Waals surface area contributed by atoms with Crippen molar-refractivity contribution in [2.75, 3.05) is 0 Å². The van der Waals surface area contributed by atoms with Crippen molar-refractivity contribution in [1.29, 1.82) is 0 Å². The standard InChI is InChI=1S/C68H46/c1-5-21-45(22-6-1)49-37-50(46-23-7-2-8-24-46)40-53(39-49)63-43-64-57-31-15-16-32-58(57)66(44-65(64)56-30-14-13-29-55(56)63)68-61-35-19-17-33-59(61)67(60-34-18-20-36-62(60)68)54-41-51(47-25-9-3-10-26-47)38-52(42-54)48-27-11-4-12-28-48/h1,3-7,9-44H,2,8H2. The Morgan fingerprint density at radius 3 is 1.07 bits per heavy atom. The summed E-state index contributed by atoms with van der Waals surface area (Å²) in [6, 6.07) is 88.1. The zero-order chi connectivity index (χ0) is 45.0. The Morgan fingerprint density at radius 2 is 0.588 bits per heavy atom. The van der Waals surface area contributed by atoms with Crippen LogP contribution in [-0.4, -0.2) is 0 Å². The molecule has 318 valence electrons. The molecule has 0 aliphatic heterocycles. The summed E-state index contributed by atoms with van der Waals surface area (Å²) in [6.45, 7) is 0. The van der Waals surface area contributed by atoms with Gasteiger partial charge in [0.15, 0.2) is 0 Å². The molecular formula is C68H46. The van der Waals surface area contributed by atoms with E-state index in [1.807, 2.05) is 0 Å². The van der Waals surface area contributed by atoms with Crippen molar-refractivity contribution in [1.82, 2.24) is 0 Å². The van der Waals surface area contributed by atoms with Gasteiger partial charge in [-0.05, 0) is 193 Å². The van der Waals surface area contributed by atoms with Gasteiger partial charge < -0.3 is 0 Å². The molecule has 0 atom stereocenters. The maximum atomic E-state index is 2.50. The van der Waals surface area contributed by atoms with Gasteiger partial charge in [0.05, 0.1) is 0 Å². The van der Waals surface area contributed by atoms with E-state index in [-0.39, 0.29) is 0 Å². The molecule has 13 rings (SSSR count). The SMILES string of the molecule is C1=CC(c2cc(-c3ccccc3)cc(-c3cc4c5ccccc5c(-c5c6ccccc6c(-c6cc(-c7ccccc7)cc(-c7ccccc7)c6)c6ccccc56)cc4c4ccccc34)c2)=CCC1. The Kier molecular flexibility index (Phi) is 9.76. The first kappa shape index (κ1) is 39.8. The summed E-state index contributed by atoms with van der Waals surface area (Å²) in [6.07, 6.45) is 9.16. The summed E-state index contributed by atoms with van der Waals surface area (Å²) in [5, 5.41) is 12.5. The van der Waals surface area contributed by atoms with Gasteiger partial charge in [0, 0.05) is 0 Å². The number of hydrogen-bond donors (Lipinski definition) is 0. The van der Waals surface area contributed by atoms with Gasteiger partial charge in [0.25, 0.3) is 0 Å². The van der Waals surface area contributed by atoms with Crippen molar-refractivity contribution in [3.8, 4) is 66.8 Å². The molecule has 0 amide bonds. The van der Waals surface area contributed by atoms with E-state index in [0.717, 1.165) is 12.8 Å². The first-order valence-corrected chi connectivity index (χ1v) is 23.9. The van der Waals surface area contributed by atoms with E-state index in [0.29, 0.717) is 0 Å². The molecule has 0 saturated heterocycles. The number of fused-ring (bicyclic) bond motifs is 7. The summed E-state index contributed by atoms with van der Waals surface area (Å²) in [7, 11) is 0. The molecule has 0 radical (unpaired) electrons. The predicted octanol–water partition coefficient (Wildman–Crippen LogP) is 19.2. The van der Waals surface area contributed by atoms with Crippen molar-refractivity contribution >= 4 is 59.4 Å². The molecule has 0 aromatic heterocycles. The highest BCUT2D eigenvalue weighted by Crippen LogP contribution is 2.49. The van der Waals surface area contributed by atoms with Crippen LogP contribution < -0.4 is 0 Å². The summed E-state index contributed by atoms with van der Waals surface area (Å²) < 4.78 is 0. The van der Waals surface area contributed by atoms with Crippen LogP contribution in [0.1, 0.15) is 18.4 Å². The maximum Gasteiger partial charge on any atom is -0.00199 e. The van der Waals surface area contributed by atoms with Crippen molar-refractivity contribution in [3.63, 3.8) is 0 Å². The van der Waals surface area contributed by atoms with Crippen LogP contribution in [0.25, 0.3) is 126 Å². The zero-order valence-corrected chi connectivity index (χ0v) is 37.7. The van der Waals surface area contributed by atoms with Gasteiger partial charge in [-0.25, -0.2) is 0 Å². The molecule has 0 nitrogen and oxygen atoms in total. The second kappa shape index (κ2) is 16.7. The molecule has 0 unspecified atom stereocenters. The van der Waals surface area contributed by atoms with E-state index in [2.05, 4.69) is 255 Å². The maximum absolute atomic E-state index is 2.50. The van der Waals surface area contributed by atoms with Crippen LogP contribution in [0.15, 0.2) is 255 Å². The Morgan fingerprint density at radius 1 is 0.221 bits per heavy atom. The lowest BCUT2D eigenvalue weighted by atomic mass is 9.82. The van der Waals surface area contributed by atoms with Crippen molar-refractivity contribution < 1.29 is 0 Å². The molecule has 0 N–H and O–H groups in total. The molecule has 0 bridgehead atoms. The Bertz CT molecular complexity index is 3870. The average Bonchev–Trinajstić information content (AvgIpc) is 3.42. The molecular weight excluding hydrogens is 817 g/mol. The number of hydrogen-bond acceptors (Lipinski definition) is 0. The van der Waals surface area contributed by atoms with E-state index >= 15 is 0 Å². The molecule has 12 aromatic carbocycles. The molecule has 0 heterocycles. The molecule has 1 aliphatic rings. The van der Waals surface area contributed by atoms with Crippen LogP contribution >= 0.6 is 0 Å². The number of allylic oxidation sites excluding steroid dienone is 4. The number of benzene rings is 12. The molecule has 0 spiro atoms. The van der Waals surface area contributed by atoms with Crippen LogP contribution in [0.3, 0.4) is 0 Å². The minimum atomic E-state index is 1.06. The van der Waals surface area contributed by atoms with Crippen LogP contribution in [0, 0.1) is 0 Å². The highest BCUT2D eigenvalue weighted by atomic mass is 14.2. The van der Waals surface area contributed by atoms with Gasteiger partial charge in [-0.15, -0.1) is 0 Å². The third kappa shape index (κ3) is 6.84. The quantitative estimate of drug-likeness (QED) is 0.111. The molecule has 12 aromatic rings. The van der Waals surface area contributed by atoms with E-state index in [1.54, 1.807) is 0 Å². The lowest BCUT2D eigenvalue weighted by Crippen LogP contribution is -1.94. The van der Waals surface area contributed by atoms with Gasteiger partial charge >= 0.3 is 0 Å². The van der Waals surface area contributed by atoms with Gasteiger partial charge in [-0.3, -0.25) is 0 Å². The monoisotopic (exact) mass is 862 g/mol. The number of rotatable bonds is 7. The fraction of sp³-hybridized carbons (Fsp3) is 0.0294. The highest BCUT2D eigenvalue weighted by molar-refractivity contribution is 6.29. The minimum absolute atomic E-state index is 1.06. The largest absolute Gasteiger partial charge is 0.0836 e. The van der Waals surface area contributed by atoms with E-state index in [1.165, 1.54) is 132 Å². The molecule has 0 heteroatoms. The second-order valence-corrected chi connectivity index (χ2v) is 18.2. The normalized spacial score (nSPS) is 12.6. The summed E-state index contributed by atoms with van der Waals surface area (Å²) in [5.74, 6) is 0. The molecule has 0 fully saturated rings. The lowest BCUT2D eigenvalue weighted by molar-refractivity contribution is 1.04. The van der Waals surface area contributed by atoms with Crippen LogP contribution in [0.5, 0.6) is 0 Å². The van der Waals surface area contributed by atoms with Gasteiger partial charge in [-0.2, -0.15) is 0 Å². The van der Waals surface area contributed by atoms with E-state index < -0.39 is 0 Å². The smallest absolute Gasteiger partial charge is 0.00199 e. The first-order chi connectivity index (χ1) is 33.7. The summed E-state index contributed by atoms with van der Waals surface area (Å²) in [5.41, 5.74) is 17.3. The van der Waals surface area contributed by atoms with Gasteiger partial charge in [0.1, 0.15) is 0 Å². The predicted molar refractivity (Wildman–Crippen MR) is 293 cm³/mol. The van der Waals surface area contributed by atoms with Crippen LogP contribution in [0.4, 0.5) is 0 Å². The topological polar surface area (TPSA) is 0 Å². The molecule has 68 heavy (non-hydrogen) atoms. The molecule has 0 saturated carbocycles. The first-order valence-electron chi connectivity index (χ1n) is 23.9. The zero-order valence-electron chi connectivity index (χ0n) is 37.7. The third-order valence-electron chi connectivity index (χ3n) is 14.2. The molecule has 1 aliphatic carbocycles. The summed E-state index contributed by atoms with van der Waals surface area (Å²) in [4.78, 5) is 0.